The van der Waals surface area contributed by atoms with Crippen molar-refractivity contribution in [3.05, 3.63) is 29.8 Å². The lowest BCUT2D eigenvalue weighted by Gasteiger charge is -2.24. The van der Waals surface area contributed by atoms with Gasteiger partial charge < -0.3 is 15.0 Å². The molecule has 2 rings (SSSR count). The van der Waals surface area contributed by atoms with E-state index >= 15 is 0 Å². The molecule has 0 spiro atoms. The number of hydrogen-bond donors (Lipinski definition) is 1. The third kappa shape index (κ3) is 4.02. The standard InChI is InChI=1S/C14H21N2O/c1-16(2)11-12-4-3-5-14(10-12)15-13-6-8-17-9-7-13/h3-4,10,13,15H,6-9,11H2,1-2H3. The van der Waals surface area contributed by atoms with Crippen LogP contribution in [-0.4, -0.2) is 38.3 Å². The summed E-state index contributed by atoms with van der Waals surface area (Å²) in [4.78, 5) is 2.17. The molecule has 0 saturated carbocycles. The summed E-state index contributed by atoms with van der Waals surface area (Å²) in [6.45, 7) is 2.71. The zero-order valence-electron chi connectivity index (χ0n) is 10.7. The molecular weight excluding hydrogens is 212 g/mol. The zero-order chi connectivity index (χ0) is 12.1. The first-order chi connectivity index (χ1) is 8.24. The van der Waals surface area contributed by atoms with Crippen LogP contribution in [0.15, 0.2) is 18.2 Å². The Bertz CT molecular complexity index is 346. The Hall–Kier alpha value is -1.06. The second-order valence-electron chi connectivity index (χ2n) is 4.88. The highest BCUT2D eigenvalue weighted by molar-refractivity contribution is 5.45. The molecule has 1 heterocycles. The summed E-state index contributed by atoms with van der Waals surface area (Å²) in [5.41, 5.74) is 2.43. The van der Waals surface area contributed by atoms with Gasteiger partial charge in [0.1, 0.15) is 0 Å². The lowest BCUT2D eigenvalue weighted by molar-refractivity contribution is 0.0904. The van der Waals surface area contributed by atoms with Crippen molar-refractivity contribution in [1.82, 2.24) is 4.90 Å². The van der Waals surface area contributed by atoms with Gasteiger partial charge in [0.25, 0.3) is 0 Å². The maximum atomic E-state index is 5.36. The fourth-order valence-corrected chi connectivity index (χ4v) is 2.12. The number of nitrogens with one attached hydrogen (secondary N) is 1. The van der Waals surface area contributed by atoms with Crippen LogP contribution in [-0.2, 0) is 11.3 Å². The van der Waals surface area contributed by atoms with Gasteiger partial charge in [-0.1, -0.05) is 12.1 Å². The van der Waals surface area contributed by atoms with Gasteiger partial charge in [-0.2, -0.15) is 0 Å². The second kappa shape index (κ2) is 6.03. The first-order valence-corrected chi connectivity index (χ1v) is 6.23. The Morgan fingerprint density at radius 2 is 2.18 bits per heavy atom. The summed E-state index contributed by atoms with van der Waals surface area (Å²) in [5.74, 6) is 0. The van der Waals surface area contributed by atoms with Crippen molar-refractivity contribution in [2.45, 2.75) is 25.4 Å². The van der Waals surface area contributed by atoms with Gasteiger partial charge >= 0.3 is 0 Å². The molecule has 17 heavy (non-hydrogen) atoms. The molecular formula is C14H21N2O. The van der Waals surface area contributed by atoms with E-state index in [1.165, 1.54) is 5.56 Å². The third-order valence-electron chi connectivity index (χ3n) is 2.95. The molecule has 0 amide bonds. The summed E-state index contributed by atoms with van der Waals surface area (Å²) in [6, 6.07) is 10.1. The second-order valence-corrected chi connectivity index (χ2v) is 4.88. The van der Waals surface area contributed by atoms with Gasteiger partial charge in [-0.05, 0) is 38.6 Å². The third-order valence-corrected chi connectivity index (χ3v) is 2.95. The molecule has 1 fully saturated rings. The van der Waals surface area contributed by atoms with Crippen molar-refractivity contribution in [3.63, 3.8) is 0 Å². The molecule has 1 saturated heterocycles. The summed E-state index contributed by atoms with van der Waals surface area (Å²) in [6.07, 6.45) is 2.18. The molecule has 0 atom stereocenters. The van der Waals surface area contributed by atoms with Gasteiger partial charge in [0.05, 0.1) is 0 Å². The first-order valence-electron chi connectivity index (χ1n) is 6.23. The molecule has 1 aromatic rings. The van der Waals surface area contributed by atoms with E-state index < -0.39 is 0 Å². The zero-order valence-corrected chi connectivity index (χ0v) is 10.7. The predicted octanol–water partition coefficient (Wildman–Crippen LogP) is 2.14. The molecule has 93 valence electrons. The summed E-state index contributed by atoms with van der Waals surface area (Å²) in [7, 11) is 4.17. The normalized spacial score (nSPS) is 17.4. The van der Waals surface area contributed by atoms with Crippen LogP contribution in [0.25, 0.3) is 0 Å². The number of benzene rings is 1. The van der Waals surface area contributed by atoms with Gasteiger partial charge in [0, 0.05) is 37.6 Å². The van der Waals surface area contributed by atoms with Crippen LogP contribution in [0.4, 0.5) is 5.69 Å². The van der Waals surface area contributed by atoms with E-state index in [0.29, 0.717) is 6.04 Å². The van der Waals surface area contributed by atoms with E-state index in [4.69, 9.17) is 4.74 Å². The molecule has 0 aromatic heterocycles. The average Bonchev–Trinajstić information content (AvgIpc) is 2.30. The van der Waals surface area contributed by atoms with E-state index in [2.05, 4.69) is 42.5 Å². The van der Waals surface area contributed by atoms with Gasteiger partial charge in [-0.15, -0.1) is 0 Å². The van der Waals surface area contributed by atoms with Crippen LogP contribution >= 0.6 is 0 Å². The summed E-state index contributed by atoms with van der Waals surface area (Å²) in [5, 5.41) is 3.54. The number of hydrogen-bond acceptors (Lipinski definition) is 3. The summed E-state index contributed by atoms with van der Waals surface area (Å²) < 4.78 is 5.36. The maximum absolute atomic E-state index is 5.36. The quantitative estimate of drug-likeness (QED) is 0.862. The fraction of sp³-hybridized carbons (Fsp3) is 0.571. The molecule has 1 N–H and O–H groups in total. The Labute approximate surface area is 104 Å². The van der Waals surface area contributed by atoms with Crippen LogP contribution in [0.3, 0.4) is 0 Å². The predicted molar refractivity (Wildman–Crippen MR) is 70.1 cm³/mol. The van der Waals surface area contributed by atoms with Gasteiger partial charge in [-0.25, -0.2) is 0 Å². The van der Waals surface area contributed by atoms with Crippen LogP contribution in [0.2, 0.25) is 0 Å². The molecule has 1 radical (unpaired) electrons. The Morgan fingerprint density at radius 3 is 2.88 bits per heavy atom. The van der Waals surface area contributed by atoms with E-state index in [1.54, 1.807) is 0 Å². The molecule has 1 aromatic carbocycles. The lowest BCUT2D eigenvalue weighted by atomic mass is 10.1. The SMILES string of the molecule is CN(C)Cc1cc[c]c(NC2CCOCC2)c1. The van der Waals surface area contributed by atoms with Crippen molar-refractivity contribution < 1.29 is 4.74 Å². The van der Waals surface area contributed by atoms with Crippen LogP contribution in [0.5, 0.6) is 0 Å². The first kappa shape index (κ1) is 12.4. The largest absolute Gasteiger partial charge is 0.382 e. The lowest BCUT2D eigenvalue weighted by Crippen LogP contribution is -2.27. The molecule has 0 bridgehead atoms. The molecule has 3 heteroatoms. The highest BCUT2D eigenvalue weighted by atomic mass is 16.5. The van der Waals surface area contributed by atoms with E-state index in [9.17, 15) is 0 Å². The fourth-order valence-electron chi connectivity index (χ4n) is 2.12. The number of ether oxygens (including phenoxy) is 1. The van der Waals surface area contributed by atoms with Crippen LogP contribution in [0.1, 0.15) is 18.4 Å². The van der Waals surface area contributed by atoms with Crippen molar-refractivity contribution in [1.29, 1.82) is 0 Å². The molecule has 1 aliphatic heterocycles. The van der Waals surface area contributed by atoms with Gasteiger partial charge in [0.2, 0.25) is 0 Å². The van der Waals surface area contributed by atoms with Crippen molar-refractivity contribution >= 4 is 5.69 Å². The van der Waals surface area contributed by atoms with Crippen LogP contribution in [0, 0.1) is 6.07 Å². The van der Waals surface area contributed by atoms with Gasteiger partial charge in [-0.3, -0.25) is 0 Å². The number of nitrogens with zero attached hydrogens (tertiary/aromatic N) is 1. The van der Waals surface area contributed by atoms with Crippen molar-refractivity contribution in [3.8, 4) is 0 Å². The highest BCUT2D eigenvalue weighted by Crippen LogP contribution is 2.16. The Balaban J connectivity index is 1.95. The van der Waals surface area contributed by atoms with Crippen LogP contribution < -0.4 is 5.32 Å². The van der Waals surface area contributed by atoms with Gasteiger partial charge in [0.15, 0.2) is 0 Å². The Morgan fingerprint density at radius 1 is 1.41 bits per heavy atom. The van der Waals surface area contributed by atoms with E-state index in [1.807, 2.05) is 6.07 Å². The topological polar surface area (TPSA) is 24.5 Å². The average molecular weight is 233 g/mol. The maximum Gasteiger partial charge on any atom is 0.0485 e. The molecule has 3 nitrogen and oxygen atoms in total. The van der Waals surface area contributed by atoms with E-state index in [-0.39, 0.29) is 0 Å². The number of anilines is 1. The Kier molecular flexibility index (Phi) is 4.40. The summed E-state index contributed by atoms with van der Waals surface area (Å²) >= 11 is 0. The minimum atomic E-state index is 0.537. The number of rotatable bonds is 4. The highest BCUT2D eigenvalue weighted by Gasteiger charge is 2.13. The molecule has 1 aliphatic rings. The van der Waals surface area contributed by atoms with Crippen molar-refractivity contribution in [2.75, 3.05) is 32.6 Å². The minimum Gasteiger partial charge on any atom is -0.382 e. The molecule has 0 unspecified atom stereocenters. The smallest absolute Gasteiger partial charge is 0.0485 e. The molecule has 0 aliphatic carbocycles. The monoisotopic (exact) mass is 233 g/mol. The minimum absolute atomic E-state index is 0.537. The van der Waals surface area contributed by atoms with E-state index in [0.717, 1.165) is 38.3 Å². The van der Waals surface area contributed by atoms with Crippen molar-refractivity contribution in [2.24, 2.45) is 0 Å².